The highest BCUT2D eigenvalue weighted by molar-refractivity contribution is 6.74. The minimum absolute atomic E-state index is 0.0252. The zero-order valence-corrected chi connectivity index (χ0v) is 22.6. The molecule has 0 unspecified atom stereocenters. The molecule has 4 rings (SSSR count). The maximum Gasteiger partial charge on any atom is 0.256 e. The summed E-state index contributed by atoms with van der Waals surface area (Å²) in [5, 5.41) is 13.0. The Morgan fingerprint density at radius 2 is 1.89 bits per heavy atom. The molecule has 0 radical (unpaired) electrons. The van der Waals surface area contributed by atoms with Crippen LogP contribution >= 0.6 is 0 Å². The maximum atomic E-state index is 12.7. The van der Waals surface area contributed by atoms with Crippen molar-refractivity contribution in [1.29, 1.82) is 0 Å². The first kappa shape index (κ1) is 26.4. The first-order valence-electron chi connectivity index (χ1n) is 12.2. The summed E-state index contributed by atoms with van der Waals surface area (Å²) < 4.78 is 20.9. The number of carbonyl (C=O) groups is 1. The molecule has 1 aliphatic heterocycles. The molecule has 1 saturated heterocycles. The van der Waals surface area contributed by atoms with Crippen LogP contribution < -0.4 is 5.32 Å². The number of ether oxygens (including phenoxy) is 2. The lowest BCUT2D eigenvalue weighted by atomic mass is 10.1. The Hall–Kier alpha value is -2.70. The molecule has 0 saturated carbocycles. The first-order chi connectivity index (χ1) is 17.1. The SMILES string of the molecule is CCO[C@@H]1[C@H](O[Si](C)(C)C(C)(C)C)[C@@H](CO)O[C@H]1n1cnc2c(NC(=O)c3ccccc3)ncnc21. The predicted molar refractivity (Wildman–Crippen MR) is 138 cm³/mol. The highest BCUT2D eigenvalue weighted by Crippen LogP contribution is 2.42. The number of aliphatic hydroxyl groups excluding tert-OH is 1. The Bertz CT molecular complexity index is 1200. The Labute approximate surface area is 212 Å². The van der Waals surface area contributed by atoms with Gasteiger partial charge >= 0.3 is 0 Å². The van der Waals surface area contributed by atoms with Gasteiger partial charge in [0.15, 0.2) is 31.5 Å². The van der Waals surface area contributed by atoms with E-state index in [0.717, 1.165) is 0 Å². The molecule has 11 heteroatoms. The van der Waals surface area contributed by atoms with E-state index in [4.69, 9.17) is 13.9 Å². The molecule has 1 fully saturated rings. The second kappa shape index (κ2) is 10.3. The molecule has 2 N–H and O–H groups in total. The normalized spacial score (nSPS) is 22.8. The summed E-state index contributed by atoms with van der Waals surface area (Å²) in [6, 6.07) is 8.89. The smallest absolute Gasteiger partial charge is 0.256 e. The maximum absolute atomic E-state index is 12.7. The lowest BCUT2D eigenvalue weighted by molar-refractivity contribution is -0.0674. The standard InChI is InChI=1S/C25H35N5O5Si/c1-7-33-20-19(35-36(5,6)25(2,3)4)17(13-31)34-24(20)30-15-28-18-21(26-14-27-22(18)30)29-23(32)16-11-9-8-10-12-16/h8-12,14-15,17,19-20,24,31H,7,13H2,1-6H3,(H,26,27,29,32)/t17-,19-,20-,24-/m1/s1. The Morgan fingerprint density at radius 1 is 1.17 bits per heavy atom. The van der Waals surface area contributed by atoms with E-state index in [0.29, 0.717) is 29.2 Å². The molecule has 1 aromatic carbocycles. The molecule has 0 spiro atoms. The van der Waals surface area contributed by atoms with Gasteiger partial charge in [0.05, 0.1) is 12.9 Å². The number of anilines is 1. The van der Waals surface area contributed by atoms with Crippen LogP contribution in [-0.4, -0.2) is 70.4 Å². The molecule has 0 aliphatic carbocycles. The fourth-order valence-electron chi connectivity index (χ4n) is 4.01. The minimum Gasteiger partial charge on any atom is -0.408 e. The Balaban J connectivity index is 1.67. The van der Waals surface area contributed by atoms with Gasteiger partial charge in [0.25, 0.3) is 5.91 Å². The summed E-state index contributed by atoms with van der Waals surface area (Å²) in [5.74, 6) is 0.00368. The second-order valence-electron chi connectivity index (χ2n) is 10.4. The molecular weight excluding hydrogens is 478 g/mol. The van der Waals surface area contributed by atoms with E-state index in [1.807, 2.05) is 13.0 Å². The number of hydrogen-bond donors (Lipinski definition) is 2. The third kappa shape index (κ3) is 5.07. The topological polar surface area (TPSA) is 121 Å². The van der Waals surface area contributed by atoms with Crippen LogP contribution in [0.15, 0.2) is 43.0 Å². The van der Waals surface area contributed by atoms with Crippen molar-refractivity contribution in [3.8, 4) is 0 Å². The third-order valence-corrected chi connectivity index (χ3v) is 11.4. The van der Waals surface area contributed by atoms with Crippen LogP contribution in [0.5, 0.6) is 0 Å². The number of aliphatic hydroxyl groups is 1. The van der Waals surface area contributed by atoms with E-state index in [9.17, 15) is 9.90 Å². The van der Waals surface area contributed by atoms with Crippen LogP contribution in [0.4, 0.5) is 5.82 Å². The number of amides is 1. The number of imidazole rings is 1. The lowest BCUT2D eigenvalue weighted by Gasteiger charge is -2.40. The van der Waals surface area contributed by atoms with Gasteiger partial charge in [-0.15, -0.1) is 0 Å². The second-order valence-corrected chi connectivity index (χ2v) is 15.1. The monoisotopic (exact) mass is 513 g/mol. The van der Waals surface area contributed by atoms with Crippen LogP contribution in [0.25, 0.3) is 11.2 Å². The number of aromatic nitrogens is 4. The van der Waals surface area contributed by atoms with Crippen LogP contribution in [0.1, 0.15) is 44.3 Å². The Kier molecular flexibility index (Phi) is 7.58. The van der Waals surface area contributed by atoms with Crippen molar-refractivity contribution in [3.05, 3.63) is 48.5 Å². The fraction of sp³-hybridized carbons (Fsp3) is 0.520. The van der Waals surface area contributed by atoms with Gasteiger partial charge in [-0.1, -0.05) is 39.0 Å². The quantitative estimate of drug-likeness (QED) is 0.437. The summed E-state index contributed by atoms with van der Waals surface area (Å²) in [4.78, 5) is 25.9. The van der Waals surface area contributed by atoms with Crippen LogP contribution in [0.2, 0.25) is 18.1 Å². The largest absolute Gasteiger partial charge is 0.408 e. The molecule has 3 aromatic rings. The average Bonchev–Trinajstić information content (AvgIpc) is 3.41. The predicted octanol–water partition coefficient (Wildman–Crippen LogP) is 3.76. The molecule has 194 valence electrons. The molecule has 1 amide bonds. The van der Waals surface area contributed by atoms with E-state index in [2.05, 4.69) is 54.1 Å². The highest BCUT2D eigenvalue weighted by Gasteiger charge is 2.51. The van der Waals surface area contributed by atoms with Crippen molar-refractivity contribution in [2.45, 2.75) is 70.4 Å². The summed E-state index contributed by atoms with van der Waals surface area (Å²) in [6.07, 6.45) is 0.816. The van der Waals surface area contributed by atoms with Crippen molar-refractivity contribution in [3.63, 3.8) is 0 Å². The number of nitrogens with zero attached hydrogens (tertiary/aromatic N) is 4. The van der Waals surface area contributed by atoms with E-state index < -0.39 is 32.9 Å². The van der Waals surface area contributed by atoms with Crippen LogP contribution in [-0.2, 0) is 13.9 Å². The van der Waals surface area contributed by atoms with Crippen molar-refractivity contribution >= 4 is 31.2 Å². The molecular formula is C25H35N5O5Si. The molecule has 10 nitrogen and oxygen atoms in total. The summed E-state index contributed by atoms with van der Waals surface area (Å²) in [5.41, 5.74) is 1.42. The zero-order chi connectivity index (χ0) is 26.1. The van der Waals surface area contributed by atoms with Gasteiger partial charge < -0.3 is 24.3 Å². The summed E-state index contributed by atoms with van der Waals surface area (Å²) in [7, 11) is -2.20. The first-order valence-corrected chi connectivity index (χ1v) is 15.1. The van der Waals surface area contributed by atoms with Gasteiger partial charge in [0.1, 0.15) is 24.6 Å². The molecule has 0 bridgehead atoms. The molecule has 1 aliphatic rings. The summed E-state index contributed by atoms with van der Waals surface area (Å²) in [6.45, 7) is 13.0. The minimum atomic E-state index is -2.20. The van der Waals surface area contributed by atoms with Crippen molar-refractivity contribution < 1.29 is 23.8 Å². The number of fused-ring (bicyclic) bond motifs is 1. The van der Waals surface area contributed by atoms with E-state index in [1.165, 1.54) is 6.33 Å². The third-order valence-electron chi connectivity index (χ3n) is 6.96. The average molecular weight is 514 g/mol. The van der Waals surface area contributed by atoms with Crippen LogP contribution in [0, 0.1) is 0 Å². The van der Waals surface area contributed by atoms with Gasteiger partial charge in [-0.2, -0.15) is 0 Å². The van der Waals surface area contributed by atoms with Gasteiger partial charge in [0.2, 0.25) is 0 Å². The Morgan fingerprint density at radius 3 is 2.53 bits per heavy atom. The van der Waals surface area contributed by atoms with Gasteiger partial charge in [0, 0.05) is 12.2 Å². The number of carbonyl (C=O) groups excluding carboxylic acids is 1. The molecule has 2 aromatic heterocycles. The molecule has 36 heavy (non-hydrogen) atoms. The number of rotatable bonds is 8. The highest BCUT2D eigenvalue weighted by atomic mass is 28.4. The van der Waals surface area contributed by atoms with E-state index in [-0.39, 0.29) is 17.6 Å². The summed E-state index contributed by atoms with van der Waals surface area (Å²) >= 11 is 0. The fourth-order valence-corrected chi connectivity index (χ4v) is 5.33. The number of hydrogen-bond acceptors (Lipinski definition) is 8. The number of benzene rings is 1. The van der Waals surface area contributed by atoms with Crippen molar-refractivity contribution in [2.24, 2.45) is 0 Å². The molecule has 4 atom stereocenters. The van der Waals surface area contributed by atoms with Crippen LogP contribution in [0.3, 0.4) is 0 Å². The van der Waals surface area contributed by atoms with E-state index >= 15 is 0 Å². The number of nitrogens with one attached hydrogen (secondary N) is 1. The van der Waals surface area contributed by atoms with Crippen molar-refractivity contribution in [2.75, 3.05) is 18.5 Å². The van der Waals surface area contributed by atoms with E-state index in [1.54, 1.807) is 35.2 Å². The van der Waals surface area contributed by atoms with Gasteiger partial charge in [-0.3, -0.25) is 9.36 Å². The molecule has 3 heterocycles. The van der Waals surface area contributed by atoms with Crippen molar-refractivity contribution in [1.82, 2.24) is 19.5 Å². The van der Waals surface area contributed by atoms with Gasteiger partial charge in [-0.25, -0.2) is 15.0 Å². The zero-order valence-electron chi connectivity index (χ0n) is 21.6. The lowest BCUT2D eigenvalue weighted by Crippen LogP contribution is -2.50. The van der Waals surface area contributed by atoms with Gasteiger partial charge in [-0.05, 0) is 37.2 Å².